The average Bonchev–Trinajstić information content (AvgIpc) is 3.14. The molecule has 5 nitrogen and oxygen atoms in total. The van der Waals surface area contributed by atoms with Crippen LogP contribution in [0.25, 0.3) is 10.9 Å². The molecule has 1 aliphatic rings. The van der Waals surface area contributed by atoms with Gasteiger partial charge in [0, 0.05) is 42.5 Å². The fourth-order valence-corrected chi connectivity index (χ4v) is 4.93. The Kier molecular flexibility index (Phi) is 7.88. The average molecular weight is 485 g/mol. The van der Waals surface area contributed by atoms with Crippen LogP contribution >= 0.6 is 11.6 Å². The Morgan fingerprint density at radius 3 is 2.68 bits per heavy atom. The van der Waals surface area contributed by atoms with E-state index in [4.69, 9.17) is 16.3 Å². The number of esters is 1. The summed E-state index contributed by atoms with van der Waals surface area (Å²) in [6.45, 7) is 4.02. The van der Waals surface area contributed by atoms with Crippen LogP contribution in [0.2, 0.25) is 5.02 Å². The molecule has 0 aliphatic carbocycles. The molecule has 0 unspecified atom stereocenters. The van der Waals surface area contributed by atoms with Crippen LogP contribution < -0.4 is 0 Å². The molecule has 0 spiro atoms. The van der Waals surface area contributed by atoms with Gasteiger partial charge in [0.15, 0.2) is 0 Å². The van der Waals surface area contributed by atoms with Crippen LogP contribution in [-0.4, -0.2) is 34.5 Å². The molecule has 0 fully saturated rings. The number of fused-ring (bicyclic) bond motifs is 3. The highest BCUT2D eigenvalue weighted by Crippen LogP contribution is 2.32. The van der Waals surface area contributed by atoms with E-state index in [2.05, 4.69) is 16.7 Å². The maximum atomic E-state index is 13.7. The van der Waals surface area contributed by atoms with Crippen LogP contribution in [-0.2, 0) is 33.8 Å². The van der Waals surface area contributed by atoms with E-state index in [-0.39, 0.29) is 16.9 Å². The topological polar surface area (TPSA) is 51.5 Å². The van der Waals surface area contributed by atoms with Gasteiger partial charge < -0.3 is 14.2 Å². The number of halogens is 2. The number of carbonyl (C=O) groups excluding carboxylic acids is 2. The molecule has 2 heterocycles. The second kappa shape index (κ2) is 11.0. The van der Waals surface area contributed by atoms with Crippen molar-refractivity contribution in [2.45, 2.75) is 58.5 Å². The molecule has 0 atom stereocenters. The van der Waals surface area contributed by atoms with Crippen molar-refractivity contribution in [3.05, 3.63) is 70.1 Å². The maximum absolute atomic E-state index is 13.7. The molecule has 0 bridgehead atoms. The molecular formula is C27H30ClFN2O3. The lowest BCUT2D eigenvalue weighted by atomic mass is 10.0. The first-order chi connectivity index (χ1) is 16.5. The van der Waals surface area contributed by atoms with Gasteiger partial charge in [0.1, 0.15) is 5.82 Å². The number of amides is 1. The smallest absolute Gasteiger partial charge is 0.305 e. The van der Waals surface area contributed by atoms with Crippen LogP contribution in [0.1, 0.15) is 55.8 Å². The fourth-order valence-electron chi connectivity index (χ4n) is 4.72. The monoisotopic (exact) mass is 484 g/mol. The molecular weight excluding hydrogens is 455 g/mol. The molecule has 0 N–H and O–H groups in total. The van der Waals surface area contributed by atoms with Crippen LogP contribution in [0.15, 0.2) is 42.5 Å². The Morgan fingerprint density at radius 2 is 1.88 bits per heavy atom. The third-order valence-corrected chi connectivity index (χ3v) is 6.71. The van der Waals surface area contributed by atoms with Crippen molar-refractivity contribution in [1.29, 1.82) is 0 Å². The van der Waals surface area contributed by atoms with Gasteiger partial charge in [0.25, 0.3) is 0 Å². The molecule has 1 aliphatic heterocycles. The summed E-state index contributed by atoms with van der Waals surface area (Å²) in [5.41, 5.74) is 4.44. The van der Waals surface area contributed by atoms with Crippen molar-refractivity contribution in [3.63, 3.8) is 0 Å². The van der Waals surface area contributed by atoms with Gasteiger partial charge in [0.2, 0.25) is 5.91 Å². The minimum atomic E-state index is -0.427. The van der Waals surface area contributed by atoms with Crippen molar-refractivity contribution in [2.75, 3.05) is 13.2 Å². The lowest BCUT2D eigenvalue weighted by Gasteiger charge is -2.29. The molecule has 0 saturated heterocycles. The van der Waals surface area contributed by atoms with Gasteiger partial charge in [-0.15, -0.1) is 0 Å². The standard InChI is InChI=1S/C27H30ClFN2O3/c1-2-34-27(33)11-5-3-4-10-26(32)30-15-14-21-20-8-6-7-9-24(20)31(25(21)18-30)17-19-12-13-23(29)22(28)16-19/h6-9,12-13,16H,2-5,10-11,14-15,17-18H2,1H3. The van der Waals surface area contributed by atoms with E-state index in [0.717, 1.165) is 42.5 Å². The van der Waals surface area contributed by atoms with E-state index >= 15 is 0 Å². The Bertz CT molecular complexity index is 1190. The van der Waals surface area contributed by atoms with Crippen LogP contribution in [0, 0.1) is 5.82 Å². The Morgan fingerprint density at radius 1 is 1.09 bits per heavy atom. The van der Waals surface area contributed by atoms with Crippen LogP contribution in [0.4, 0.5) is 4.39 Å². The predicted octanol–water partition coefficient (Wildman–Crippen LogP) is 5.88. The van der Waals surface area contributed by atoms with Gasteiger partial charge in [-0.3, -0.25) is 9.59 Å². The first-order valence-corrected chi connectivity index (χ1v) is 12.3. The summed E-state index contributed by atoms with van der Waals surface area (Å²) in [6, 6.07) is 13.1. The van der Waals surface area contributed by atoms with Gasteiger partial charge >= 0.3 is 5.97 Å². The Labute approximate surface area is 204 Å². The van der Waals surface area contributed by atoms with Gasteiger partial charge in [-0.1, -0.05) is 42.3 Å². The van der Waals surface area contributed by atoms with Crippen LogP contribution in [0.5, 0.6) is 0 Å². The molecule has 0 radical (unpaired) electrons. The first-order valence-electron chi connectivity index (χ1n) is 11.9. The number of hydrogen-bond acceptors (Lipinski definition) is 3. The third kappa shape index (κ3) is 5.44. The van der Waals surface area contributed by atoms with Crippen molar-refractivity contribution in [3.8, 4) is 0 Å². The molecule has 180 valence electrons. The lowest BCUT2D eigenvalue weighted by Crippen LogP contribution is -2.36. The molecule has 2 aromatic carbocycles. The van der Waals surface area contributed by atoms with Gasteiger partial charge in [-0.05, 0) is 55.5 Å². The second-order valence-corrected chi connectivity index (χ2v) is 9.12. The van der Waals surface area contributed by atoms with E-state index in [9.17, 15) is 14.0 Å². The molecule has 1 amide bonds. The summed E-state index contributed by atoms with van der Waals surface area (Å²) in [6.07, 6.45) is 4.02. The molecule has 7 heteroatoms. The number of unbranched alkanes of at least 4 members (excludes halogenated alkanes) is 2. The zero-order chi connectivity index (χ0) is 24.1. The third-order valence-electron chi connectivity index (χ3n) is 6.42. The van der Waals surface area contributed by atoms with Crippen molar-refractivity contribution >= 4 is 34.4 Å². The molecule has 0 saturated carbocycles. The SMILES string of the molecule is CCOC(=O)CCCCCC(=O)N1CCc2c(n(Cc3ccc(F)c(Cl)c3)c3ccccc23)C1. The number of ether oxygens (including phenoxy) is 1. The van der Waals surface area contributed by atoms with Crippen molar-refractivity contribution in [1.82, 2.24) is 9.47 Å². The van der Waals surface area contributed by atoms with Crippen molar-refractivity contribution < 1.29 is 18.7 Å². The van der Waals surface area contributed by atoms with E-state index in [0.29, 0.717) is 39.1 Å². The number of benzene rings is 2. The number of hydrogen-bond donors (Lipinski definition) is 0. The quantitative estimate of drug-likeness (QED) is 0.281. The van der Waals surface area contributed by atoms with Crippen molar-refractivity contribution in [2.24, 2.45) is 0 Å². The van der Waals surface area contributed by atoms with E-state index in [1.807, 2.05) is 17.0 Å². The fraction of sp³-hybridized carbons (Fsp3) is 0.407. The maximum Gasteiger partial charge on any atom is 0.305 e. The van der Waals surface area contributed by atoms with Gasteiger partial charge in [-0.25, -0.2) is 4.39 Å². The van der Waals surface area contributed by atoms with Crippen LogP contribution in [0.3, 0.4) is 0 Å². The summed E-state index contributed by atoms with van der Waals surface area (Å²) in [5.74, 6) is -0.458. The number of carbonyl (C=O) groups is 2. The van der Waals surface area contributed by atoms with E-state index in [1.165, 1.54) is 17.0 Å². The Hall–Kier alpha value is -2.86. The van der Waals surface area contributed by atoms with E-state index in [1.54, 1.807) is 19.1 Å². The van der Waals surface area contributed by atoms with Gasteiger partial charge in [0.05, 0.1) is 18.2 Å². The summed E-state index contributed by atoms with van der Waals surface area (Å²) in [4.78, 5) is 26.3. The summed E-state index contributed by atoms with van der Waals surface area (Å²) in [5, 5.41) is 1.32. The van der Waals surface area contributed by atoms with Gasteiger partial charge in [-0.2, -0.15) is 0 Å². The highest BCUT2D eigenvalue weighted by atomic mass is 35.5. The normalized spacial score (nSPS) is 13.2. The number of rotatable bonds is 9. The molecule has 1 aromatic heterocycles. The highest BCUT2D eigenvalue weighted by Gasteiger charge is 2.26. The minimum absolute atomic E-state index is 0.114. The molecule has 4 rings (SSSR count). The number of nitrogens with zero attached hydrogens (tertiary/aromatic N) is 2. The summed E-state index contributed by atoms with van der Waals surface area (Å²) in [7, 11) is 0. The minimum Gasteiger partial charge on any atom is -0.466 e. The number of aromatic nitrogens is 1. The lowest BCUT2D eigenvalue weighted by molar-refractivity contribution is -0.143. The first kappa shape index (κ1) is 24.3. The largest absolute Gasteiger partial charge is 0.466 e. The summed E-state index contributed by atoms with van der Waals surface area (Å²) >= 11 is 6.02. The predicted molar refractivity (Wildman–Crippen MR) is 131 cm³/mol. The zero-order valence-electron chi connectivity index (χ0n) is 19.5. The molecule has 34 heavy (non-hydrogen) atoms. The van der Waals surface area contributed by atoms with E-state index < -0.39 is 5.82 Å². The summed E-state index contributed by atoms with van der Waals surface area (Å²) < 4.78 is 20.8. The Balaban J connectivity index is 1.45. The molecule has 3 aromatic rings. The number of para-hydroxylation sites is 1. The second-order valence-electron chi connectivity index (χ2n) is 8.71. The zero-order valence-corrected chi connectivity index (χ0v) is 20.2. The highest BCUT2D eigenvalue weighted by molar-refractivity contribution is 6.30.